The lowest BCUT2D eigenvalue weighted by atomic mass is 10.2. The molecule has 0 aliphatic heterocycles. The van der Waals surface area contributed by atoms with Crippen LogP contribution in [-0.2, 0) is 6.54 Å². The van der Waals surface area contributed by atoms with E-state index in [1.54, 1.807) is 42.6 Å². The van der Waals surface area contributed by atoms with Crippen LogP contribution in [0, 0.1) is 5.82 Å². The Morgan fingerprint density at radius 2 is 1.79 bits per heavy atom. The fourth-order valence-corrected chi connectivity index (χ4v) is 2.95. The van der Waals surface area contributed by atoms with E-state index in [0.29, 0.717) is 18.2 Å². The normalized spacial score (nSPS) is 10.5. The average Bonchev–Trinajstić information content (AvgIpc) is 2.71. The summed E-state index contributed by atoms with van der Waals surface area (Å²) in [4.78, 5) is 16.5. The monoisotopic (exact) mass is 434 g/mol. The summed E-state index contributed by atoms with van der Waals surface area (Å²) < 4.78 is 24.7. The van der Waals surface area contributed by atoms with E-state index >= 15 is 0 Å². The molecule has 0 aliphatic rings. The van der Waals surface area contributed by atoms with Crippen LogP contribution in [-0.4, -0.2) is 17.5 Å². The van der Waals surface area contributed by atoms with Gasteiger partial charge < -0.3 is 14.8 Å². The molecule has 3 rings (SSSR count). The standard InChI is InChI=1S/C21H17Cl2FN2O3/c1-2-28-14-3-5-15(6-4-14)29-20-9-13(7-8-25-20)12-26-21(27)16-10-19(24)18(23)11-17(16)22/h3-11H,2,12H2,1H3,(H,26,27). The number of hydrogen-bond donors (Lipinski definition) is 1. The Kier molecular flexibility index (Phi) is 6.90. The summed E-state index contributed by atoms with van der Waals surface area (Å²) in [5.74, 6) is 0.496. The maximum atomic E-state index is 13.6. The van der Waals surface area contributed by atoms with Gasteiger partial charge in [-0.2, -0.15) is 0 Å². The van der Waals surface area contributed by atoms with Gasteiger partial charge in [-0.3, -0.25) is 4.79 Å². The molecule has 0 aliphatic carbocycles. The molecule has 1 heterocycles. The molecule has 0 radical (unpaired) electrons. The second kappa shape index (κ2) is 9.58. The van der Waals surface area contributed by atoms with Crippen LogP contribution < -0.4 is 14.8 Å². The SMILES string of the molecule is CCOc1ccc(Oc2cc(CNC(=O)c3cc(F)c(Cl)cc3Cl)ccn2)cc1. The van der Waals surface area contributed by atoms with Gasteiger partial charge in [0.05, 0.1) is 22.2 Å². The van der Waals surface area contributed by atoms with Crippen LogP contribution in [0.5, 0.6) is 17.4 Å². The predicted octanol–water partition coefficient (Wildman–Crippen LogP) is 5.65. The smallest absolute Gasteiger partial charge is 0.253 e. The molecule has 5 nitrogen and oxygen atoms in total. The van der Waals surface area contributed by atoms with Crippen molar-refractivity contribution in [1.82, 2.24) is 10.3 Å². The summed E-state index contributed by atoms with van der Waals surface area (Å²) in [7, 11) is 0. The van der Waals surface area contributed by atoms with Crippen molar-refractivity contribution >= 4 is 29.1 Å². The predicted molar refractivity (Wildman–Crippen MR) is 110 cm³/mol. The van der Waals surface area contributed by atoms with Crippen LogP contribution in [0.4, 0.5) is 4.39 Å². The van der Waals surface area contributed by atoms with Crippen LogP contribution in [0.2, 0.25) is 10.0 Å². The third-order valence-corrected chi connectivity index (χ3v) is 4.47. The Morgan fingerprint density at radius 3 is 2.52 bits per heavy atom. The molecule has 0 bridgehead atoms. The summed E-state index contributed by atoms with van der Waals surface area (Å²) in [5, 5.41) is 2.61. The number of amides is 1. The Balaban J connectivity index is 1.64. The lowest BCUT2D eigenvalue weighted by Gasteiger charge is -2.10. The Bertz CT molecular complexity index is 1010. The molecule has 150 valence electrons. The highest BCUT2D eigenvalue weighted by Gasteiger charge is 2.14. The molecule has 0 spiro atoms. The van der Waals surface area contributed by atoms with Crippen LogP contribution in [0.3, 0.4) is 0 Å². The summed E-state index contributed by atoms with van der Waals surface area (Å²) in [6.07, 6.45) is 1.57. The van der Waals surface area contributed by atoms with E-state index in [0.717, 1.165) is 17.4 Å². The molecule has 1 aromatic heterocycles. The quantitative estimate of drug-likeness (QED) is 0.488. The van der Waals surface area contributed by atoms with Gasteiger partial charge in [-0.1, -0.05) is 23.2 Å². The molecule has 0 atom stereocenters. The summed E-state index contributed by atoms with van der Waals surface area (Å²) in [6, 6.07) is 12.8. The minimum absolute atomic E-state index is 0.00786. The minimum atomic E-state index is -0.712. The Morgan fingerprint density at radius 1 is 1.07 bits per heavy atom. The molecule has 29 heavy (non-hydrogen) atoms. The van der Waals surface area contributed by atoms with Gasteiger partial charge in [-0.05, 0) is 55.0 Å². The van der Waals surface area contributed by atoms with E-state index in [9.17, 15) is 9.18 Å². The first-order valence-corrected chi connectivity index (χ1v) is 9.50. The van der Waals surface area contributed by atoms with Crippen molar-refractivity contribution in [3.8, 4) is 17.4 Å². The number of rotatable bonds is 7. The topological polar surface area (TPSA) is 60.5 Å². The number of nitrogens with one attached hydrogen (secondary N) is 1. The van der Waals surface area contributed by atoms with Crippen LogP contribution in [0.1, 0.15) is 22.8 Å². The van der Waals surface area contributed by atoms with Crippen molar-refractivity contribution in [2.75, 3.05) is 6.61 Å². The maximum Gasteiger partial charge on any atom is 0.253 e. The zero-order valence-corrected chi connectivity index (χ0v) is 16.9. The van der Waals surface area contributed by atoms with Crippen molar-refractivity contribution < 1.29 is 18.7 Å². The molecule has 1 N–H and O–H groups in total. The van der Waals surface area contributed by atoms with Crippen molar-refractivity contribution in [3.05, 3.63) is 81.7 Å². The number of pyridine rings is 1. The summed E-state index contributed by atoms with van der Waals surface area (Å²) >= 11 is 11.6. The molecule has 3 aromatic rings. The van der Waals surface area contributed by atoms with Gasteiger partial charge >= 0.3 is 0 Å². The van der Waals surface area contributed by atoms with Gasteiger partial charge in [0.25, 0.3) is 5.91 Å². The fourth-order valence-electron chi connectivity index (χ4n) is 2.48. The first-order chi connectivity index (χ1) is 14.0. The molecule has 8 heteroatoms. The van der Waals surface area contributed by atoms with E-state index in [4.69, 9.17) is 32.7 Å². The van der Waals surface area contributed by atoms with E-state index in [1.165, 1.54) is 6.07 Å². The number of carbonyl (C=O) groups excluding carboxylic acids is 1. The second-order valence-electron chi connectivity index (χ2n) is 5.94. The van der Waals surface area contributed by atoms with Crippen LogP contribution in [0.15, 0.2) is 54.7 Å². The first kappa shape index (κ1) is 20.9. The van der Waals surface area contributed by atoms with Crippen molar-refractivity contribution in [3.63, 3.8) is 0 Å². The highest BCUT2D eigenvalue weighted by atomic mass is 35.5. The van der Waals surface area contributed by atoms with Gasteiger partial charge in [0.2, 0.25) is 5.88 Å². The van der Waals surface area contributed by atoms with Gasteiger partial charge in [-0.25, -0.2) is 9.37 Å². The van der Waals surface area contributed by atoms with Gasteiger partial charge in [-0.15, -0.1) is 0 Å². The number of carbonyl (C=O) groups is 1. The third kappa shape index (κ3) is 5.59. The van der Waals surface area contributed by atoms with Gasteiger partial charge in [0.15, 0.2) is 0 Å². The largest absolute Gasteiger partial charge is 0.494 e. The average molecular weight is 435 g/mol. The second-order valence-corrected chi connectivity index (χ2v) is 6.75. The van der Waals surface area contributed by atoms with Crippen molar-refractivity contribution in [2.24, 2.45) is 0 Å². The van der Waals surface area contributed by atoms with E-state index < -0.39 is 11.7 Å². The lowest BCUT2D eigenvalue weighted by molar-refractivity contribution is 0.0950. The lowest BCUT2D eigenvalue weighted by Crippen LogP contribution is -2.23. The molecular weight excluding hydrogens is 418 g/mol. The highest BCUT2D eigenvalue weighted by molar-refractivity contribution is 6.36. The van der Waals surface area contributed by atoms with E-state index in [-0.39, 0.29) is 22.2 Å². The molecule has 1 amide bonds. The molecule has 0 unspecified atom stereocenters. The number of aromatic nitrogens is 1. The van der Waals surface area contributed by atoms with Gasteiger partial charge in [0, 0.05) is 18.8 Å². The number of halogens is 3. The zero-order chi connectivity index (χ0) is 20.8. The zero-order valence-electron chi connectivity index (χ0n) is 15.4. The molecule has 0 fully saturated rings. The summed E-state index contributed by atoms with van der Waals surface area (Å²) in [6.45, 7) is 2.68. The first-order valence-electron chi connectivity index (χ1n) is 8.74. The fraction of sp³-hybridized carbons (Fsp3) is 0.143. The number of hydrogen-bond acceptors (Lipinski definition) is 4. The van der Waals surface area contributed by atoms with E-state index in [2.05, 4.69) is 10.3 Å². The summed E-state index contributed by atoms with van der Waals surface area (Å²) in [5.41, 5.74) is 0.758. The Hall–Kier alpha value is -2.83. The van der Waals surface area contributed by atoms with Crippen molar-refractivity contribution in [2.45, 2.75) is 13.5 Å². The highest BCUT2D eigenvalue weighted by Crippen LogP contribution is 2.25. The number of benzene rings is 2. The van der Waals surface area contributed by atoms with E-state index in [1.807, 2.05) is 6.92 Å². The van der Waals surface area contributed by atoms with Crippen molar-refractivity contribution in [1.29, 1.82) is 0 Å². The molecule has 0 saturated heterocycles. The minimum Gasteiger partial charge on any atom is -0.494 e. The van der Waals surface area contributed by atoms with Crippen LogP contribution >= 0.6 is 23.2 Å². The molecular formula is C21H17Cl2FN2O3. The molecule has 0 saturated carbocycles. The third-order valence-electron chi connectivity index (χ3n) is 3.86. The Labute approximate surface area is 177 Å². The van der Waals surface area contributed by atoms with Crippen LogP contribution in [0.25, 0.3) is 0 Å². The maximum absolute atomic E-state index is 13.6. The molecule has 2 aromatic carbocycles. The number of ether oxygens (including phenoxy) is 2. The number of nitrogens with zero attached hydrogens (tertiary/aromatic N) is 1. The van der Waals surface area contributed by atoms with Gasteiger partial charge in [0.1, 0.15) is 17.3 Å².